The highest BCUT2D eigenvalue weighted by Crippen LogP contribution is 2.18. The van der Waals surface area contributed by atoms with Gasteiger partial charge in [-0.1, -0.05) is 12.1 Å². The fourth-order valence-electron chi connectivity index (χ4n) is 2.64. The standard InChI is InChI=1S/C19H24BrN3O2/c1-5-22-13-16(20)11-17(22)19(25)23(6-2)12-14-7-9-15(10-8-14)18(24)21(3)4/h7-11,13H,5-6,12H2,1-4H3. The molecule has 0 saturated carbocycles. The summed E-state index contributed by atoms with van der Waals surface area (Å²) in [7, 11) is 3.46. The zero-order chi connectivity index (χ0) is 18.6. The number of halogens is 1. The Kier molecular flexibility index (Phi) is 6.42. The van der Waals surface area contributed by atoms with Gasteiger partial charge in [0.25, 0.3) is 11.8 Å². The van der Waals surface area contributed by atoms with E-state index in [1.165, 1.54) is 0 Å². The molecule has 2 amide bonds. The molecule has 0 aliphatic rings. The Morgan fingerprint density at radius 1 is 1.08 bits per heavy atom. The van der Waals surface area contributed by atoms with Crippen molar-refractivity contribution in [1.82, 2.24) is 14.4 Å². The van der Waals surface area contributed by atoms with Crippen LogP contribution in [-0.2, 0) is 13.1 Å². The average Bonchev–Trinajstić information content (AvgIpc) is 2.99. The number of hydrogen-bond donors (Lipinski definition) is 0. The number of aryl methyl sites for hydroxylation is 1. The molecular formula is C19H24BrN3O2. The first-order chi connectivity index (χ1) is 11.9. The zero-order valence-electron chi connectivity index (χ0n) is 15.1. The Labute approximate surface area is 157 Å². The highest BCUT2D eigenvalue weighted by molar-refractivity contribution is 9.10. The summed E-state index contributed by atoms with van der Waals surface area (Å²) in [4.78, 5) is 28.2. The summed E-state index contributed by atoms with van der Waals surface area (Å²) >= 11 is 3.44. The van der Waals surface area contributed by atoms with Gasteiger partial charge in [0.15, 0.2) is 0 Å². The van der Waals surface area contributed by atoms with Crippen LogP contribution in [0.1, 0.15) is 40.3 Å². The number of carbonyl (C=O) groups is 2. The van der Waals surface area contributed by atoms with E-state index in [9.17, 15) is 9.59 Å². The van der Waals surface area contributed by atoms with Crippen LogP contribution in [0.5, 0.6) is 0 Å². The van der Waals surface area contributed by atoms with Crippen molar-refractivity contribution >= 4 is 27.7 Å². The first-order valence-corrected chi connectivity index (χ1v) is 9.12. The predicted octanol–water partition coefficient (Wildman–Crippen LogP) is 3.63. The van der Waals surface area contributed by atoms with Crippen LogP contribution < -0.4 is 0 Å². The van der Waals surface area contributed by atoms with Crippen molar-refractivity contribution in [2.75, 3.05) is 20.6 Å². The third-order valence-corrected chi connectivity index (χ3v) is 4.51. The topological polar surface area (TPSA) is 45.6 Å². The normalized spacial score (nSPS) is 10.6. The Balaban J connectivity index is 2.16. The van der Waals surface area contributed by atoms with Crippen LogP contribution >= 0.6 is 15.9 Å². The summed E-state index contributed by atoms with van der Waals surface area (Å²) in [5.41, 5.74) is 2.32. The minimum Gasteiger partial charge on any atom is -0.345 e. The van der Waals surface area contributed by atoms with Crippen LogP contribution in [-0.4, -0.2) is 46.8 Å². The van der Waals surface area contributed by atoms with Gasteiger partial charge in [0.2, 0.25) is 0 Å². The number of benzene rings is 1. The summed E-state index contributed by atoms with van der Waals surface area (Å²) in [6, 6.07) is 9.28. The molecule has 0 atom stereocenters. The summed E-state index contributed by atoms with van der Waals surface area (Å²) in [5, 5.41) is 0. The predicted molar refractivity (Wildman–Crippen MR) is 103 cm³/mol. The first kappa shape index (κ1) is 19.2. The van der Waals surface area contributed by atoms with Crippen LogP contribution in [0.15, 0.2) is 41.0 Å². The molecule has 6 heteroatoms. The van der Waals surface area contributed by atoms with Crippen LogP contribution in [0.25, 0.3) is 0 Å². The molecule has 0 N–H and O–H groups in total. The van der Waals surface area contributed by atoms with E-state index in [4.69, 9.17) is 0 Å². The Morgan fingerprint density at radius 3 is 2.24 bits per heavy atom. The van der Waals surface area contributed by atoms with E-state index in [1.807, 2.05) is 42.8 Å². The molecule has 25 heavy (non-hydrogen) atoms. The number of rotatable bonds is 6. The maximum Gasteiger partial charge on any atom is 0.270 e. The van der Waals surface area contributed by atoms with Crippen LogP contribution in [0.2, 0.25) is 0 Å². The lowest BCUT2D eigenvalue weighted by Gasteiger charge is -2.22. The number of hydrogen-bond acceptors (Lipinski definition) is 2. The Morgan fingerprint density at radius 2 is 1.72 bits per heavy atom. The van der Waals surface area contributed by atoms with Gasteiger partial charge in [-0.2, -0.15) is 0 Å². The summed E-state index contributed by atoms with van der Waals surface area (Å²) < 4.78 is 2.84. The second kappa shape index (κ2) is 8.34. The van der Waals surface area contributed by atoms with E-state index in [-0.39, 0.29) is 11.8 Å². The van der Waals surface area contributed by atoms with Gasteiger partial charge < -0.3 is 14.4 Å². The lowest BCUT2D eigenvalue weighted by Crippen LogP contribution is -2.31. The second-order valence-electron chi connectivity index (χ2n) is 6.05. The summed E-state index contributed by atoms with van der Waals surface area (Å²) in [5.74, 6) is -0.0240. The third kappa shape index (κ3) is 4.51. The van der Waals surface area contributed by atoms with Gasteiger partial charge in [-0.05, 0) is 53.5 Å². The summed E-state index contributed by atoms with van der Waals surface area (Å²) in [6.07, 6.45) is 1.92. The SMILES string of the molecule is CCN(Cc1ccc(C(=O)N(C)C)cc1)C(=O)c1cc(Br)cn1CC. The minimum absolute atomic E-state index is 0.00324. The number of amides is 2. The fraction of sp³-hybridized carbons (Fsp3) is 0.368. The molecule has 0 aliphatic heterocycles. The van der Waals surface area contributed by atoms with Gasteiger partial charge in [0, 0.05) is 50.0 Å². The van der Waals surface area contributed by atoms with Crippen LogP contribution in [0.4, 0.5) is 0 Å². The molecule has 0 fully saturated rings. The number of nitrogens with zero attached hydrogens (tertiary/aromatic N) is 3. The van der Waals surface area contributed by atoms with Crippen molar-refractivity contribution in [3.8, 4) is 0 Å². The monoisotopic (exact) mass is 405 g/mol. The van der Waals surface area contributed by atoms with Gasteiger partial charge in [0.05, 0.1) is 0 Å². The van der Waals surface area contributed by atoms with E-state index in [2.05, 4.69) is 15.9 Å². The van der Waals surface area contributed by atoms with Crippen molar-refractivity contribution in [2.45, 2.75) is 26.9 Å². The van der Waals surface area contributed by atoms with Crippen molar-refractivity contribution < 1.29 is 9.59 Å². The number of carbonyl (C=O) groups excluding carboxylic acids is 2. The van der Waals surface area contributed by atoms with Gasteiger partial charge in [-0.25, -0.2) is 0 Å². The highest BCUT2D eigenvalue weighted by Gasteiger charge is 2.19. The first-order valence-electron chi connectivity index (χ1n) is 8.32. The van der Waals surface area contributed by atoms with E-state index < -0.39 is 0 Å². The molecule has 2 rings (SSSR count). The van der Waals surface area contributed by atoms with Crippen molar-refractivity contribution in [1.29, 1.82) is 0 Å². The van der Waals surface area contributed by atoms with Crippen molar-refractivity contribution in [2.24, 2.45) is 0 Å². The molecule has 0 spiro atoms. The van der Waals surface area contributed by atoms with E-state index in [1.54, 1.807) is 36.0 Å². The van der Waals surface area contributed by atoms with E-state index >= 15 is 0 Å². The highest BCUT2D eigenvalue weighted by atomic mass is 79.9. The molecule has 0 radical (unpaired) electrons. The molecule has 0 aliphatic carbocycles. The Hall–Kier alpha value is -2.08. The zero-order valence-corrected chi connectivity index (χ0v) is 16.7. The van der Waals surface area contributed by atoms with Crippen LogP contribution in [0, 0.1) is 0 Å². The second-order valence-corrected chi connectivity index (χ2v) is 6.96. The molecular weight excluding hydrogens is 382 g/mol. The largest absolute Gasteiger partial charge is 0.345 e. The molecule has 0 saturated heterocycles. The van der Waals surface area contributed by atoms with E-state index in [0.717, 1.165) is 16.6 Å². The molecule has 1 aromatic carbocycles. The van der Waals surface area contributed by atoms with Gasteiger partial charge in [-0.3, -0.25) is 9.59 Å². The van der Waals surface area contributed by atoms with Crippen LogP contribution in [0.3, 0.4) is 0 Å². The third-order valence-electron chi connectivity index (χ3n) is 4.07. The summed E-state index contributed by atoms with van der Waals surface area (Å²) in [6.45, 7) is 5.85. The molecule has 5 nitrogen and oxygen atoms in total. The van der Waals surface area contributed by atoms with Crippen molar-refractivity contribution in [3.63, 3.8) is 0 Å². The smallest absolute Gasteiger partial charge is 0.270 e. The molecule has 2 aromatic rings. The minimum atomic E-state index is -0.0272. The van der Waals surface area contributed by atoms with Gasteiger partial charge in [0.1, 0.15) is 5.69 Å². The quantitative estimate of drug-likeness (QED) is 0.736. The number of aromatic nitrogens is 1. The van der Waals surface area contributed by atoms with Gasteiger partial charge >= 0.3 is 0 Å². The van der Waals surface area contributed by atoms with Gasteiger partial charge in [-0.15, -0.1) is 0 Å². The lowest BCUT2D eigenvalue weighted by atomic mass is 10.1. The van der Waals surface area contributed by atoms with E-state index in [0.29, 0.717) is 24.3 Å². The Bertz CT molecular complexity index is 751. The lowest BCUT2D eigenvalue weighted by molar-refractivity contribution is 0.0740. The van der Waals surface area contributed by atoms with Crippen molar-refractivity contribution in [3.05, 3.63) is 57.8 Å². The molecule has 0 unspecified atom stereocenters. The molecule has 0 bridgehead atoms. The molecule has 134 valence electrons. The maximum atomic E-state index is 12.9. The maximum absolute atomic E-state index is 12.9. The molecule has 1 aromatic heterocycles. The fourth-order valence-corrected chi connectivity index (χ4v) is 3.10. The average molecular weight is 406 g/mol. The molecule has 1 heterocycles.